The van der Waals surface area contributed by atoms with Crippen molar-refractivity contribution in [3.8, 4) is 11.5 Å². The number of H-pyrrole nitrogens is 1. The van der Waals surface area contributed by atoms with E-state index >= 15 is 0 Å². The van der Waals surface area contributed by atoms with E-state index in [0.717, 1.165) is 16.5 Å². The van der Waals surface area contributed by atoms with Gasteiger partial charge in [-0.3, -0.25) is 24.0 Å². The molecule has 3 aromatic carbocycles. The number of aromatic amines is 1. The number of carbonyl (C=O) groups excluding carboxylic acids is 6. The van der Waals surface area contributed by atoms with Crippen molar-refractivity contribution in [1.82, 2.24) is 20.9 Å². The molecule has 3 unspecified atom stereocenters. The van der Waals surface area contributed by atoms with Gasteiger partial charge in [-0.05, 0) is 132 Å². The summed E-state index contributed by atoms with van der Waals surface area (Å²) in [5.74, 6) is -2.46. The van der Waals surface area contributed by atoms with E-state index in [-0.39, 0.29) is 53.3 Å². The Labute approximate surface area is 367 Å². The number of rotatable bonds is 27. The lowest BCUT2D eigenvalue weighted by atomic mass is 10.0. The number of ether oxygens (including phenoxy) is 2. The van der Waals surface area contributed by atoms with Gasteiger partial charge in [0, 0.05) is 28.5 Å². The molecule has 0 bridgehead atoms. The first-order valence-corrected chi connectivity index (χ1v) is 21.2. The van der Waals surface area contributed by atoms with Crippen LogP contribution in [0.4, 0.5) is 11.4 Å². The van der Waals surface area contributed by atoms with Gasteiger partial charge in [-0.25, -0.2) is 0 Å². The molecule has 0 aliphatic carbocycles. The number of para-hydroxylation sites is 1. The van der Waals surface area contributed by atoms with Crippen molar-refractivity contribution >= 4 is 58.1 Å². The quantitative estimate of drug-likeness (QED) is 0.0306. The number of nitrogens with two attached hydrogens (primary N) is 4. The molecule has 0 fully saturated rings. The second-order valence-electron chi connectivity index (χ2n) is 15.1. The lowest BCUT2D eigenvalue weighted by Gasteiger charge is -2.22. The summed E-state index contributed by atoms with van der Waals surface area (Å²) in [7, 11) is 2.78. The van der Waals surface area contributed by atoms with Crippen LogP contribution in [0.15, 0.2) is 66.9 Å². The monoisotopic (exact) mass is 870 g/mol. The highest BCUT2D eigenvalue weighted by molar-refractivity contribution is 6.05. The zero-order valence-corrected chi connectivity index (χ0v) is 36.0. The maximum Gasteiger partial charge on any atom is 0.255 e. The predicted molar refractivity (Wildman–Crippen MR) is 242 cm³/mol. The Kier molecular flexibility index (Phi) is 20.0. The van der Waals surface area contributed by atoms with Crippen LogP contribution < -0.4 is 59.0 Å². The lowest BCUT2D eigenvalue weighted by Crippen LogP contribution is -2.50. The Bertz CT molecular complexity index is 2160. The van der Waals surface area contributed by atoms with E-state index in [9.17, 15) is 28.8 Å². The van der Waals surface area contributed by atoms with Gasteiger partial charge in [-0.2, -0.15) is 0 Å². The second kappa shape index (κ2) is 25.6. The lowest BCUT2D eigenvalue weighted by molar-refractivity contribution is -0.127. The molecule has 0 saturated heterocycles. The molecule has 18 heteroatoms. The number of nitrogens with one attached hydrogen (secondary N) is 6. The molecule has 0 spiro atoms. The summed E-state index contributed by atoms with van der Waals surface area (Å²) in [6, 6.07) is 12.9. The fourth-order valence-corrected chi connectivity index (χ4v) is 6.98. The summed E-state index contributed by atoms with van der Waals surface area (Å²) in [5.41, 5.74) is 25.7. The Morgan fingerprint density at radius 2 is 1.16 bits per heavy atom. The van der Waals surface area contributed by atoms with Gasteiger partial charge in [-0.1, -0.05) is 18.2 Å². The number of aromatic nitrogens is 1. The molecule has 0 aliphatic rings. The van der Waals surface area contributed by atoms with E-state index < -0.39 is 53.7 Å². The highest BCUT2D eigenvalue weighted by Gasteiger charge is 2.27. The van der Waals surface area contributed by atoms with E-state index in [0.29, 0.717) is 70.9 Å². The van der Waals surface area contributed by atoms with Crippen molar-refractivity contribution in [3.05, 3.63) is 83.6 Å². The van der Waals surface area contributed by atoms with Crippen molar-refractivity contribution in [1.29, 1.82) is 0 Å². The van der Waals surface area contributed by atoms with Crippen molar-refractivity contribution in [2.24, 2.45) is 22.9 Å². The highest BCUT2D eigenvalue weighted by Crippen LogP contribution is 2.26. The molecular formula is C45H62N10O8. The molecule has 18 nitrogen and oxygen atoms in total. The standard InChI is InChI=1S/C45H62N10O8/c1-62-39-18-16-29(24-33(39)41(57)53-31(27-56)11-5-8-20-46)51-44(60)37(14-6-9-21-47)54-42(58)34-25-30(17-19-40(34)63-2)52-45(61)38(15-7-10-22-48)55-43(59)35(49)23-28-26-50-36-13-4-3-12-32(28)36/h3-4,12-13,16-19,24-27,31,35,37-38,50H,5-11,14-15,20-23,46-49H2,1-2H3,(H,51,60)(H,52,61)(H,53,57)(H,54,58)(H,55,59)/t31?,35-,37?,38?/m0/s1. The van der Waals surface area contributed by atoms with Crippen LogP contribution in [0.5, 0.6) is 11.5 Å². The van der Waals surface area contributed by atoms with Crippen LogP contribution in [0.25, 0.3) is 10.9 Å². The maximum atomic E-state index is 14.0. The van der Waals surface area contributed by atoms with Crippen LogP contribution in [-0.4, -0.2) is 98.8 Å². The van der Waals surface area contributed by atoms with Gasteiger partial charge < -0.3 is 68.8 Å². The smallest absolute Gasteiger partial charge is 0.255 e. The minimum atomic E-state index is -1.07. The fraction of sp³-hybridized carbons (Fsp3) is 0.422. The van der Waals surface area contributed by atoms with Gasteiger partial charge in [-0.15, -0.1) is 0 Å². The average Bonchev–Trinajstić information content (AvgIpc) is 3.70. The fourth-order valence-electron chi connectivity index (χ4n) is 6.98. The minimum Gasteiger partial charge on any atom is -0.496 e. The van der Waals surface area contributed by atoms with E-state index in [4.69, 9.17) is 32.4 Å². The third-order valence-electron chi connectivity index (χ3n) is 10.5. The third kappa shape index (κ3) is 14.6. The summed E-state index contributed by atoms with van der Waals surface area (Å²) in [6.07, 6.45) is 7.23. The third-order valence-corrected chi connectivity index (χ3v) is 10.5. The van der Waals surface area contributed by atoms with Gasteiger partial charge in [0.1, 0.15) is 29.9 Å². The van der Waals surface area contributed by atoms with Crippen LogP contribution in [0.3, 0.4) is 0 Å². The molecule has 340 valence electrons. The van der Waals surface area contributed by atoms with Gasteiger partial charge in [0.2, 0.25) is 17.7 Å². The van der Waals surface area contributed by atoms with Crippen molar-refractivity contribution in [3.63, 3.8) is 0 Å². The normalized spacial score (nSPS) is 12.9. The molecule has 1 aromatic heterocycles. The van der Waals surface area contributed by atoms with Gasteiger partial charge in [0.25, 0.3) is 11.8 Å². The number of anilines is 2. The Morgan fingerprint density at radius 3 is 1.68 bits per heavy atom. The molecule has 0 radical (unpaired) electrons. The number of fused-ring (bicyclic) bond motifs is 1. The molecule has 1 heterocycles. The SMILES string of the molecule is COc1ccc(NC(=O)C(CCCCN)NC(=O)c2cc(NC(=O)C(CCCCN)NC(=O)[C@@H](N)Cc3c[nH]c4ccccc34)ccc2OC)cc1C(=O)NC(C=O)CCCCN. The first-order valence-electron chi connectivity index (χ1n) is 21.2. The number of methoxy groups -OCH3 is 2. The molecule has 14 N–H and O–H groups in total. The van der Waals surface area contributed by atoms with Crippen molar-refractivity contribution in [2.75, 3.05) is 44.5 Å². The molecule has 4 atom stereocenters. The van der Waals surface area contributed by atoms with E-state index in [2.05, 4.69) is 31.6 Å². The van der Waals surface area contributed by atoms with E-state index in [1.807, 2.05) is 30.5 Å². The summed E-state index contributed by atoms with van der Waals surface area (Å²) >= 11 is 0. The van der Waals surface area contributed by atoms with Crippen LogP contribution in [0.1, 0.15) is 84.1 Å². The van der Waals surface area contributed by atoms with Gasteiger partial charge in [0.15, 0.2) is 0 Å². The summed E-state index contributed by atoms with van der Waals surface area (Å²) in [6.45, 7) is 1.24. The van der Waals surface area contributed by atoms with E-state index in [1.54, 1.807) is 12.1 Å². The summed E-state index contributed by atoms with van der Waals surface area (Å²) < 4.78 is 10.9. The number of hydrogen-bond donors (Lipinski definition) is 10. The Balaban J connectivity index is 1.49. The average molecular weight is 871 g/mol. The van der Waals surface area contributed by atoms with E-state index in [1.165, 1.54) is 38.5 Å². The summed E-state index contributed by atoms with van der Waals surface area (Å²) in [5, 5.41) is 14.8. The van der Waals surface area contributed by atoms with Crippen LogP contribution in [0.2, 0.25) is 0 Å². The first kappa shape index (κ1) is 49.3. The van der Waals surface area contributed by atoms with Crippen molar-refractivity contribution in [2.45, 2.75) is 88.4 Å². The second-order valence-corrected chi connectivity index (χ2v) is 15.1. The molecular weight excluding hydrogens is 809 g/mol. The highest BCUT2D eigenvalue weighted by atomic mass is 16.5. The largest absolute Gasteiger partial charge is 0.496 e. The number of unbranched alkanes of at least 4 members (excludes halogenated alkanes) is 3. The summed E-state index contributed by atoms with van der Waals surface area (Å²) in [4.78, 5) is 83.0. The minimum absolute atomic E-state index is 0.0241. The number of aldehydes is 1. The molecule has 0 aliphatic heterocycles. The molecule has 5 amide bonds. The zero-order valence-electron chi connectivity index (χ0n) is 36.0. The Hall–Kier alpha value is -6.34. The maximum absolute atomic E-state index is 14.0. The molecule has 4 rings (SSSR count). The van der Waals surface area contributed by atoms with Crippen LogP contribution in [-0.2, 0) is 25.6 Å². The predicted octanol–water partition coefficient (Wildman–Crippen LogP) is 2.60. The number of carbonyl (C=O) groups is 6. The zero-order chi connectivity index (χ0) is 45.7. The van der Waals surface area contributed by atoms with Gasteiger partial charge in [0.05, 0.1) is 37.4 Å². The topological polar surface area (TPSA) is 301 Å². The number of benzene rings is 3. The molecule has 4 aromatic rings. The van der Waals surface area contributed by atoms with Gasteiger partial charge >= 0.3 is 0 Å². The van der Waals surface area contributed by atoms with Crippen molar-refractivity contribution < 1.29 is 38.2 Å². The molecule has 63 heavy (non-hydrogen) atoms. The van der Waals surface area contributed by atoms with Crippen LogP contribution in [0, 0.1) is 0 Å². The first-order chi connectivity index (χ1) is 30.5. The molecule has 0 saturated carbocycles. The van der Waals surface area contributed by atoms with Crippen LogP contribution >= 0.6 is 0 Å². The Morgan fingerprint density at radius 1 is 0.651 bits per heavy atom. The number of hydrogen-bond acceptors (Lipinski definition) is 12. The number of amides is 5.